The number of carbonyl (C=O) groups excluding carboxylic acids is 1. The highest BCUT2D eigenvalue weighted by molar-refractivity contribution is 5.96. The van der Waals surface area contributed by atoms with E-state index in [-0.39, 0.29) is 30.2 Å². The number of non-ortho nitro benzene ring substituents is 1. The number of hydrogen-bond acceptors (Lipinski definition) is 6. The van der Waals surface area contributed by atoms with Crippen LogP contribution in [0.3, 0.4) is 0 Å². The summed E-state index contributed by atoms with van der Waals surface area (Å²) < 4.78 is 0. The van der Waals surface area contributed by atoms with Gasteiger partial charge >= 0.3 is 0 Å². The van der Waals surface area contributed by atoms with Crippen LogP contribution in [0.5, 0.6) is 0 Å². The van der Waals surface area contributed by atoms with Crippen LogP contribution in [0.25, 0.3) is 0 Å². The Balaban J connectivity index is 1.65. The van der Waals surface area contributed by atoms with E-state index in [1.165, 1.54) is 23.1 Å². The van der Waals surface area contributed by atoms with Gasteiger partial charge in [0.15, 0.2) is 0 Å². The van der Waals surface area contributed by atoms with E-state index >= 15 is 0 Å². The number of anilines is 2. The molecule has 3 rings (SSSR count). The average Bonchev–Trinajstić information content (AvgIpc) is 3.05. The summed E-state index contributed by atoms with van der Waals surface area (Å²) in [6.45, 7) is 0.700. The summed E-state index contributed by atoms with van der Waals surface area (Å²) in [6, 6.07) is 10.7. The third-order valence-corrected chi connectivity index (χ3v) is 4.23. The molecule has 1 aliphatic rings. The van der Waals surface area contributed by atoms with Gasteiger partial charge in [-0.25, -0.2) is 0 Å². The van der Waals surface area contributed by atoms with Gasteiger partial charge in [0.2, 0.25) is 5.91 Å². The number of amides is 1. The lowest BCUT2D eigenvalue weighted by atomic mass is 10.1. The SMILES string of the molecule is O=C(CCNc1ccccc1[N+](=O)[O-])N1CCc2ccc([N+](=O)[O-])cc21. The summed E-state index contributed by atoms with van der Waals surface area (Å²) in [5.41, 5.74) is 1.71. The lowest BCUT2D eigenvalue weighted by Gasteiger charge is -2.17. The van der Waals surface area contributed by atoms with Crippen molar-refractivity contribution >= 4 is 28.7 Å². The summed E-state index contributed by atoms with van der Waals surface area (Å²) in [6.07, 6.45) is 0.769. The molecule has 0 aliphatic carbocycles. The Morgan fingerprint density at radius 1 is 1.12 bits per heavy atom. The predicted molar refractivity (Wildman–Crippen MR) is 95.4 cm³/mol. The second kappa shape index (κ2) is 7.18. The number of rotatable bonds is 6. The van der Waals surface area contributed by atoms with Crippen molar-refractivity contribution in [3.8, 4) is 0 Å². The minimum atomic E-state index is -0.489. The van der Waals surface area contributed by atoms with Gasteiger partial charge in [-0.15, -0.1) is 0 Å². The van der Waals surface area contributed by atoms with Crippen LogP contribution in [0.2, 0.25) is 0 Å². The molecule has 0 atom stereocenters. The number of nitrogens with one attached hydrogen (secondary N) is 1. The smallest absolute Gasteiger partial charge is 0.292 e. The fourth-order valence-corrected chi connectivity index (χ4v) is 2.96. The van der Waals surface area contributed by atoms with Crippen molar-refractivity contribution < 1.29 is 14.6 Å². The van der Waals surface area contributed by atoms with Gasteiger partial charge in [-0.1, -0.05) is 18.2 Å². The van der Waals surface area contributed by atoms with Crippen molar-refractivity contribution in [3.05, 3.63) is 68.3 Å². The van der Waals surface area contributed by atoms with Gasteiger partial charge in [-0.05, 0) is 18.1 Å². The maximum absolute atomic E-state index is 12.5. The lowest BCUT2D eigenvalue weighted by molar-refractivity contribution is -0.384. The summed E-state index contributed by atoms with van der Waals surface area (Å²) in [5.74, 6) is -0.185. The number of para-hydroxylation sites is 2. The fourth-order valence-electron chi connectivity index (χ4n) is 2.96. The number of nitro groups is 2. The second-order valence-corrected chi connectivity index (χ2v) is 5.82. The van der Waals surface area contributed by atoms with Gasteiger partial charge in [0.25, 0.3) is 11.4 Å². The first-order valence-electron chi connectivity index (χ1n) is 8.02. The first-order valence-corrected chi connectivity index (χ1v) is 8.02. The van der Waals surface area contributed by atoms with Crippen molar-refractivity contribution in [2.75, 3.05) is 23.3 Å². The molecule has 0 saturated heterocycles. The maximum Gasteiger partial charge on any atom is 0.292 e. The van der Waals surface area contributed by atoms with Crippen LogP contribution >= 0.6 is 0 Å². The Morgan fingerprint density at radius 2 is 1.88 bits per heavy atom. The zero-order chi connectivity index (χ0) is 18.7. The molecule has 9 nitrogen and oxygen atoms in total. The quantitative estimate of drug-likeness (QED) is 0.628. The van der Waals surface area contributed by atoms with Gasteiger partial charge in [-0.2, -0.15) is 0 Å². The van der Waals surface area contributed by atoms with Crippen LogP contribution in [-0.2, 0) is 11.2 Å². The molecule has 0 unspecified atom stereocenters. The monoisotopic (exact) mass is 356 g/mol. The van der Waals surface area contributed by atoms with Crippen LogP contribution < -0.4 is 10.2 Å². The summed E-state index contributed by atoms with van der Waals surface area (Å²) in [4.78, 5) is 35.0. The molecule has 0 saturated carbocycles. The van der Waals surface area contributed by atoms with Crippen LogP contribution in [0.4, 0.5) is 22.7 Å². The molecule has 1 aliphatic heterocycles. The third kappa shape index (κ3) is 3.46. The number of hydrogen-bond donors (Lipinski definition) is 1. The number of fused-ring (bicyclic) bond motifs is 1. The maximum atomic E-state index is 12.5. The second-order valence-electron chi connectivity index (χ2n) is 5.82. The molecule has 1 N–H and O–H groups in total. The molecule has 0 aromatic heterocycles. The van der Waals surface area contributed by atoms with E-state index in [4.69, 9.17) is 0 Å². The highest BCUT2D eigenvalue weighted by Gasteiger charge is 2.26. The average molecular weight is 356 g/mol. The molecule has 0 spiro atoms. The van der Waals surface area contributed by atoms with E-state index < -0.39 is 9.85 Å². The van der Waals surface area contributed by atoms with Gasteiger partial charge < -0.3 is 10.2 Å². The molecule has 2 aromatic carbocycles. The summed E-state index contributed by atoms with van der Waals surface area (Å²) in [7, 11) is 0. The molecular weight excluding hydrogens is 340 g/mol. The lowest BCUT2D eigenvalue weighted by Crippen LogP contribution is -2.30. The predicted octanol–water partition coefficient (Wildman–Crippen LogP) is 2.89. The molecule has 0 fully saturated rings. The first-order chi connectivity index (χ1) is 12.5. The topological polar surface area (TPSA) is 119 Å². The van der Waals surface area contributed by atoms with E-state index in [0.717, 1.165) is 5.56 Å². The molecule has 26 heavy (non-hydrogen) atoms. The minimum Gasteiger partial charge on any atom is -0.379 e. The van der Waals surface area contributed by atoms with E-state index in [9.17, 15) is 25.0 Å². The van der Waals surface area contributed by atoms with E-state index in [0.29, 0.717) is 24.3 Å². The van der Waals surface area contributed by atoms with Crippen molar-refractivity contribution in [3.63, 3.8) is 0 Å². The van der Waals surface area contributed by atoms with Gasteiger partial charge in [0.1, 0.15) is 5.69 Å². The fraction of sp³-hybridized carbons (Fsp3) is 0.235. The van der Waals surface area contributed by atoms with Crippen molar-refractivity contribution in [2.45, 2.75) is 12.8 Å². The van der Waals surface area contributed by atoms with Crippen LogP contribution in [0.1, 0.15) is 12.0 Å². The van der Waals surface area contributed by atoms with Gasteiger partial charge in [-0.3, -0.25) is 25.0 Å². The Labute approximate surface area is 148 Å². The van der Waals surface area contributed by atoms with E-state index in [1.807, 2.05) is 0 Å². The molecule has 0 bridgehead atoms. The standard InChI is InChI=1S/C17H16N4O5/c22-17(7-9-18-14-3-1-2-4-15(14)21(25)26)19-10-8-12-5-6-13(20(23)24)11-16(12)19/h1-6,11,18H,7-10H2. The number of benzene rings is 2. The number of nitrogens with zero attached hydrogens (tertiary/aromatic N) is 3. The highest BCUT2D eigenvalue weighted by atomic mass is 16.6. The normalized spacial score (nSPS) is 12.5. The van der Waals surface area contributed by atoms with Crippen molar-refractivity contribution in [2.24, 2.45) is 0 Å². The summed E-state index contributed by atoms with van der Waals surface area (Å²) >= 11 is 0. The number of carbonyl (C=O) groups is 1. The van der Waals surface area contributed by atoms with E-state index in [1.54, 1.807) is 24.3 Å². The Kier molecular flexibility index (Phi) is 4.78. The molecular formula is C17H16N4O5. The molecule has 2 aromatic rings. The zero-order valence-corrected chi connectivity index (χ0v) is 13.8. The molecule has 1 amide bonds. The van der Waals surface area contributed by atoms with Crippen molar-refractivity contribution in [1.82, 2.24) is 0 Å². The van der Waals surface area contributed by atoms with Gasteiger partial charge in [0.05, 0.1) is 15.5 Å². The first kappa shape index (κ1) is 17.3. The van der Waals surface area contributed by atoms with Crippen LogP contribution in [0.15, 0.2) is 42.5 Å². The largest absolute Gasteiger partial charge is 0.379 e. The molecule has 9 heteroatoms. The van der Waals surface area contributed by atoms with Gasteiger partial charge in [0, 0.05) is 37.7 Å². The Bertz CT molecular complexity index is 883. The Hall–Kier alpha value is -3.49. The van der Waals surface area contributed by atoms with Crippen LogP contribution in [0, 0.1) is 20.2 Å². The minimum absolute atomic E-state index is 0.0536. The highest BCUT2D eigenvalue weighted by Crippen LogP contribution is 2.32. The molecule has 1 heterocycles. The van der Waals surface area contributed by atoms with Crippen LogP contribution in [-0.4, -0.2) is 28.8 Å². The third-order valence-electron chi connectivity index (χ3n) is 4.23. The van der Waals surface area contributed by atoms with E-state index in [2.05, 4.69) is 5.32 Å². The zero-order valence-electron chi connectivity index (χ0n) is 13.8. The molecule has 134 valence electrons. The van der Waals surface area contributed by atoms with Crippen molar-refractivity contribution in [1.29, 1.82) is 0 Å². The summed E-state index contributed by atoms with van der Waals surface area (Å²) in [5, 5.41) is 24.8. The Morgan fingerprint density at radius 3 is 2.62 bits per heavy atom. The molecule has 0 radical (unpaired) electrons. The number of nitro benzene ring substituents is 2.